The second-order valence-electron chi connectivity index (χ2n) is 4.62. The highest BCUT2D eigenvalue weighted by Crippen LogP contribution is 2.31. The van der Waals surface area contributed by atoms with Crippen LogP contribution in [-0.4, -0.2) is 29.1 Å². The van der Waals surface area contributed by atoms with Gasteiger partial charge in [-0.25, -0.2) is 0 Å². The first-order valence-corrected chi connectivity index (χ1v) is 6.41. The number of rotatable bonds is 5. The molecule has 0 atom stereocenters. The Morgan fingerprint density at radius 3 is 2.94 bits per heavy atom. The van der Waals surface area contributed by atoms with Crippen LogP contribution in [0.15, 0.2) is 34.4 Å². The van der Waals surface area contributed by atoms with Crippen molar-refractivity contribution < 1.29 is 0 Å². The molecular weight excluding hydrogens is 232 g/mol. The van der Waals surface area contributed by atoms with E-state index in [0.717, 1.165) is 17.3 Å². The predicted molar refractivity (Wildman–Crippen MR) is 73.6 cm³/mol. The Morgan fingerprint density at radius 2 is 2.35 bits per heavy atom. The number of amidine groups is 1. The summed E-state index contributed by atoms with van der Waals surface area (Å²) in [4.78, 5) is 8.97. The standard InChI is InChI=1S/C12H16N4S/c17-11(8-14-10-2-1-7-13-10)16-12(5-6-12)15-9-3-4-9/h1,5-7,9,15H,2-4,8H2,(H,13,14)(H,16,17). The van der Waals surface area contributed by atoms with Gasteiger partial charge >= 0.3 is 0 Å². The zero-order chi connectivity index (χ0) is 11.7. The maximum absolute atomic E-state index is 4.56. The van der Waals surface area contributed by atoms with Crippen molar-refractivity contribution >= 4 is 23.5 Å². The van der Waals surface area contributed by atoms with Crippen molar-refractivity contribution in [1.29, 1.82) is 0 Å². The van der Waals surface area contributed by atoms with E-state index in [9.17, 15) is 0 Å². The molecule has 3 rings (SSSR count). The Morgan fingerprint density at radius 1 is 1.53 bits per heavy atom. The number of nitrogens with zero attached hydrogens (tertiary/aromatic N) is 2. The third-order valence-corrected chi connectivity index (χ3v) is 3.14. The molecule has 0 saturated heterocycles. The molecule has 0 bridgehead atoms. The minimum absolute atomic E-state index is 0.236. The lowest BCUT2D eigenvalue weighted by atomic mass is 10.4. The summed E-state index contributed by atoms with van der Waals surface area (Å²) in [5, 5.41) is 7.33. The summed E-state index contributed by atoms with van der Waals surface area (Å²) >= 11 is 4.39. The van der Waals surface area contributed by atoms with Gasteiger partial charge in [-0.15, -0.1) is 12.6 Å². The molecule has 2 aliphatic carbocycles. The topological polar surface area (TPSA) is 48.8 Å². The van der Waals surface area contributed by atoms with Crippen LogP contribution in [0.4, 0.5) is 0 Å². The van der Waals surface area contributed by atoms with Crippen molar-refractivity contribution in [2.24, 2.45) is 9.98 Å². The van der Waals surface area contributed by atoms with E-state index in [2.05, 4.69) is 45.4 Å². The summed E-state index contributed by atoms with van der Waals surface area (Å²) in [6.07, 6.45) is 11.5. The van der Waals surface area contributed by atoms with E-state index in [0.29, 0.717) is 12.6 Å². The SMILES string of the molecule is S/C(C/N=C1\CC=CN1)=N/C1(NC2CC2)C=C1. The van der Waals surface area contributed by atoms with Crippen molar-refractivity contribution in [2.75, 3.05) is 6.54 Å². The Hall–Kier alpha value is -1.07. The maximum Gasteiger partial charge on any atom is 0.149 e. The zero-order valence-corrected chi connectivity index (χ0v) is 10.5. The molecule has 1 heterocycles. The minimum Gasteiger partial charge on any atom is -0.350 e. The Kier molecular flexibility index (Phi) is 2.80. The maximum atomic E-state index is 4.56. The van der Waals surface area contributed by atoms with Gasteiger partial charge in [-0.2, -0.15) is 0 Å². The van der Waals surface area contributed by atoms with Crippen LogP contribution in [0.25, 0.3) is 0 Å². The highest BCUT2D eigenvalue weighted by Gasteiger charge is 2.39. The molecule has 0 aromatic heterocycles. The van der Waals surface area contributed by atoms with Gasteiger partial charge in [0.05, 0.1) is 11.6 Å². The Bertz CT molecular complexity index is 416. The fourth-order valence-electron chi connectivity index (χ4n) is 1.75. The number of nitrogens with one attached hydrogen (secondary N) is 2. The van der Waals surface area contributed by atoms with Gasteiger partial charge in [-0.3, -0.25) is 15.3 Å². The first-order valence-electron chi connectivity index (χ1n) is 5.96. The lowest BCUT2D eigenvalue weighted by molar-refractivity contribution is 0.557. The van der Waals surface area contributed by atoms with Gasteiger partial charge in [-0.1, -0.05) is 6.08 Å². The van der Waals surface area contributed by atoms with Gasteiger partial charge < -0.3 is 5.32 Å². The minimum atomic E-state index is -0.236. The molecular formula is C12H16N4S. The van der Waals surface area contributed by atoms with Crippen LogP contribution in [0.1, 0.15) is 19.3 Å². The molecule has 0 amide bonds. The van der Waals surface area contributed by atoms with Crippen LogP contribution < -0.4 is 10.6 Å². The van der Waals surface area contributed by atoms with E-state index >= 15 is 0 Å². The van der Waals surface area contributed by atoms with Crippen LogP contribution in [0, 0.1) is 0 Å². The molecule has 4 nitrogen and oxygen atoms in total. The fraction of sp³-hybridized carbons (Fsp3) is 0.500. The number of hydrogen-bond acceptors (Lipinski definition) is 3. The van der Waals surface area contributed by atoms with E-state index in [1.54, 1.807) is 0 Å². The number of hydrogen-bond donors (Lipinski definition) is 3. The zero-order valence-electron chi connectivity index (χ0n) is 9.56. The van der Waals surface area contributed by atoms with Crippen molar-refractivity contribution in [3.8, 4) is 0 Å². The van der Waals surface area contributed by atoms with Gasteiger partial charge in [0.15, 0.2) is 0 Å². The van der Waals surface area contributed by atoms with Crippen LogP contribution in [0.5, 0.6) is 0 Å². The predicted octanol–water partition coefficient (Wildman–Crippen LogP) is 1.24. The third-order valence-electron chi connectivity index (χ3n) is 2.90. The summed E-state index contributed by atoms with van der Waals surface area (Å²) in [5.74, 6) is 0.986. The lowest BCUT2D eigenvalue weighted by Gasteiger charge is -2.13. The van der Waals surface area contributed by atoms with Crippen LogP contribution in [0.3, 0.4) is 0 Å². The quantitative estimate of drug-likeness (QED) is 0.297. The van der Waals surface area contributed by atoms with Crippen molar-refractivity contribution in [3.05, 3.63) is 24.4 Å². The second kappa shape index (κ2) is 4.31. The molecule has 2 N–H and O–H groups in total. The summed E-state index contributed by atoms with van der Waals surface area (Å²) in [7, 11) is 0. The van der Waals surface area contributed by atoms with Crippen LogP contribution in [0.2, 0.25) is 0 Å². The first kappa shape index (κ1) is 11.0. The van der Waals surface area contributed by atoms with Gasteiger partial charge in [-0.05, 0) is 31.2 Å². The first-order chi connectivity index (χ1) is 8.26. The summed E-state index contributed by atoms with van der Waals surface area (Å²) in [5.41, 5.74) is -0.236. The van der Waals surface area contributed by atoms with Crippen molar-refractivity contribution in [3.63, 3.8) is 0 Å². The lowest BCUT2D eigenvalue weighted by Crippen LogP contribution is -2.33. The van der Waals surface area contributed by atoms with Crippen molar-refractivity contribution in [1.82, 2.24) is 10.6 Å². The molecule has 1 aliphatic heterocycles. The average molecular weight is 248 g/mol. The van der Waals surface area contributed by atoms with E-state index in [1.807, 2.05) is 12.3 Å². The molecule has 17 heavy (non-hydrogen) atoms. The van der Waals surface area contributed by atoms with E-state index in [1.165, 1.54) is 12.8 Å². The molecule has 3 aliphatic rings. The normalized spacial score (nSPS) is 27.6. The molecule has 0 aromatic carbocycles. The summed E-state index contributed by atoms with van der Waals surface area (Å²) in [6, 6.07) is 0.641. The van der Waals surface area contributed by atoms with E-state index < -0.39 is 0 Å². The smallest absolute Gasteiger partial charge is 0.149 e. The third kappa shape index (κ3) is 2.98. The van der Waals surface area contributed by atoms with Gasteiger partial charge in [0, 0.05) is 12.5 Å². The Balaban J connectivity index is 1.54. The van der Waals surface area contributed by atoms with Gasteiger partial charge in [0.2, 0.25) is 0 Å². The van der Waals surface area contributed by atoms with E-state index in [4.69, 9.17) is 0 Å². The largest absolute Gasteiger partial charge is 0.350 e. The van der Waals surface area contributed by atoms with Crippen molar-refractivity contribution in [2.45, 2.75) is 31.0 Å². The molecule has 0 spiro atoms. The number of aliphatic imine (C=N–C) groups is 2. The van der Waals surface area contributed by atoms with Gasteiger partial charge in [0.1, 0.15) is 11.5 Å². The molecule has 0 unspecified atom stereocenters. The second-order valence-corrected chi connectivity index (χ2v) is 5.14. The highest BCUT2D eigenvalue weighted by atomic mass is 32.1. The molecule has 0 aromatic rings. The molecule has 5 heteroatoms. The molecule has 0 radical (unpaired) electrons. The van der Waals surface area contributed by atoms with Gasteiger partial charge in [0.25, 0.3) is 0 Å². The molecule has 1 fully saturated rings. The fourth-order valence-corrected chi connectivity index (χ4v) is 1.98. The highest BCUT2D eigenvalue weighted by molar-refractivity contribution is 7.97. The summed E-state index contributed by atoms with van der Waals surface area (Å²) in [6.45, 7) is 0.545. The monoisotopic (exact) mass is 248 g/mol. The average Bonchev–Trinajstić information content (AvgIpc) is 3.21. The van der Waals surface area contributed by atoms with E-state index in [-0.39, 0.29) is 5.66 Å². The van der Waals surface area contributed by atoms with Crippen LogP contribution >= 0.6 is 12.6 Å². The number of thiol groups is 1. The molecule has 1 saturated carbocycles. The molecule has 90 valence electrons. The summed E-state index contributed by atoms with van der Waals surface area (Å²) < 4.78 is 0. The van der Waals surface area contributed by atoms with Crippen LogP contribution in [-0.2, 0) is 0 Å². The Labute approximate surface area is 106 Å².